The highest BCUT2D eigenvalue weighted by Gasteiger charge is 2.23. The largest absolute Gasteiger partial charge is 0.379 e. The number of ether oxygens (including phenoxy) is 1. The van der Waals surface area contributed by atoms with E-state index in [9.17, 15) is 0 Å². The number of guanidine groups is 1. The highest BCUT2D eigenvalue weighted by molar-refractivity contribution is 14.0. The Balaban J connectivity index is 0.00000338. The molecule has 0 amide bonds. The second-order valence-electron chi connectivity index (χ2n) is 7.02. The topological polar surface area (TPSA) is 48.9 Å². The smallest absolute Gasteiger partial charge is 0.191 e. The Kier molecular flexibility index (Phi) is 11.2. The fourth-order valence-corrected chi connectivity index (χ4v) is 3.22. The van der Waals surface area contributed by atoms with Crippen molar-refractivity contribution in [3.63, 3.8) is 0 Å². The molecule has 1 heterocycles. The lowest BCUT2D eigenvalue weighted by Gasteiger charge is -2.37. The molecule has 1 unspecified atom stereocenters. The Bertz CT molecular complexity index is 544. The summed E-state index contributed by atoms with van der Waals surface area (Å²) in [5.74, 6) is 1.48. The summed E-state index contributed by atoms with van der Waals surface area (Å²) in [6, 6.07) is 9.02. The summed E-state index contributed by atoms with van der Waals surface area (Å²) in [7, 11) is 0. The lowest BCUT2D eigenvalue weighted by molar-refractivity contribution is 0.00752. The number of nitrogens with one attached hydrogen (secondary N) is 2. The highest BCUT2D eigenvalue weighted by Crippen LogP contribution is 2.12. The van der Waals surface area contributed by atoms with Crippen LogP contribution in [0.15, 0.2) is 29.3 Å². The van der Waals surface area contributed by atoms with Gasteiger partial charge in [0, 0.05) is 32.2 Å². The predicted molar refractivity (Wildman–Crippen MR) is 120 cm³/mol. The van der Waals surface area contributed by atoms with Gasteiger partial charge in [-0.3, -0.25) is 4.90 Å². The average molecular weight is 474 g/mol. The number of rotatable bonds is 7. The number of hydrogen-bond donors (Lipinski definition) is 2. The third-order valence-electron chi connectivity index (χ3n) is 4.61. The lowest BCUT2D eigenvalue weighted by Crippen LogP contribution is -2.52. The summed E-state index contributed by atoms with van der Waals surface area (Å²) in [6.45, 7) is 15.0. The molecular weight excluding hydrogens is 439 g/mol. The van der Waals surface area contributed by atoms with Gasteiger partial charge < -0.3 is 15.4 Å². The fourth-order valence-electron chi connectivity index (χ4n) is 3.22. The minimum atomic E-state index is 0. The molecule has 2 N–H and O–H groups in total. The first-order valence-corrected chi connectivity index (χ1v) is 9.49. The van der Waals surface area contributed by atoms with Crippen molar-refractivity contribution in [2.75, 3.05) is 39.4 Å². The van der Waals surface area contributed by atoms with Crippen LogP contribution in [0.4, 0.5) is 0 Å². The van der Waals surface area contributed by atoms with E-state index in [1.54, 1.807) is 0 Å². The fraction of sp³-hybridized carbons (Fsp3) is 0.650. The van der Waals surface area contributed by atoms with Crippen molar-refractivity contribution in [2.45, 2.75) is 40.3 Å². The van der Waals surface area contributed by atoms with E-state index >= 15 is 0 Å². The molecule has 1 aliphatic rings. The molecule has 2 rings (SSSR count). The standard InChI is InChI=1S/C20H34N4O.HI/c1-5-21-20(22-14-18-8-6-7-17(4)13-18)23-15-19(16(2)3)24-9-11-25-12-10-24;/h6-8,13,16,19H,5,9-12,14-15H2,1-4H3,(H2,21,22,23);1H. The molecule has 0 bridgehead atoms. The molecule has 5 nitrogen and oxygen atoms in total. The van der Waals surface area contributed by atoms with Gasteiger partial charge >= 0.3 is 0 Å². The maximum absolute atomic E-state index is 5.49. The minimum Gasteiger partial charge on any atom is -0.379 e. The van der Waals surface area contributed by atoms with Crippen LogP contribution in [0, 0.1) is 12.8 Å². The van der Waals surface area contributed by atoms with Crippen molar-refractivity contribution in [3.05, 3.63) is 35.4 Å². The predicted octanol–water partition coefficient (Wildman–Crippen LogP) is 3.02. The molecule has 1 fully saturated rings. The molecule has 1 aromatic rings. The summed E-state index contributed by atoms with van der Waals surface area (Å²) in [6.07, 6.45) is 0. The van der Waals surface area contributed by atoms with Crippen molar-refractivity contribution in [3.8, 4) is 0 Å². The molecule has 0 spiro atoms. The molecule has 0 radical (unpaired) electrons. The number of benzene rings is 1. The third-order valence-corrected chi connectivity index (χ3v) is 4.61. The molecule has 26 heavy (non-hydrogen) atoms. The van der Waals surface area contributed by atoms with E-state index in [1.807, 2.05) is 0 Å². The van der Waals surface area contributed by atoms with E-state index in [0.717, 1.165) is 45.4 Å². The molecule has 0 aliphatic carbocycles. The van der Waals surface area contributed by atoms with Gasteiger partial charge in [-0.15, -0.1) is 24.0 Å². The average Bonchev–Trinajstić information content (AvgIpc) is 2.60. The first-order valence-electron chi connectivity index (χ1n) is 9.49. The van der Waals surface area contributed by atoms with Crippen LogP contribution in [-0.4, -0.2) is 56.3 Å². The Morgan fingerprint density at radius 3 is 2.58 bits per heavy atom. The van der Waals surface area contributed by atoms with Crippen molar-refractivity contribution >= 4 is 29.9 Å². The zero-order valence-electron chi connectivity index (χ0n) is 16.6. The van der Waals surface area contributed by atoms with E-state index in [-0.39, 0.29) is 24.0 Å². The van der Waals surface area contributed by atoms with Crippen molar-refractivity contribution in [1.29, 1.82) is 0 Å². The van der Waals surface area contributed by atoms with Crippen LogP contribution in [0.3, 0.4) is 0 Å². The van der Waals surface area contributed by atoms with Gasteiger partial charge in [0.25, 0.3) is 0 Å². The van der Waals surface area contributed by atoms with E-state index in [2.05, 4.69) is 67.5 Å². The van der Waals surface area contributed by atoms with Crippen LogP contribution >= 0.6 is 24.0 Å². The molecule has 148 valence electrons. The van der Waals surface area contributed by atoms with E-state index in [1.165, 1.54) is 11.1 Å². The van der Waals surface area contributed by atoms with Gasteiger partial charge in [0.15, 0.2) is 5.96 Å². The minimum absolute atomic E-state index is 0. The Morgan fingerprint density at radius 2 is 1.96 bits per heavy atom. The number of aliphatic imine (C=N–C) groups is 1. The van der Waals surface area contributed by atoms with Crippen LogP contribution in [0.2, 0.25) is 0 Å². The van der Waals surface area contributed by atoms with E-state index in [4.69, 9.17) is 9.73 Å². The zero-order valence-corrected chi connectivity index (χ0v) is 19.0. The lowest BCUT2D eigenvalue weighted by atomic mass is 10.0. The summed E-state index contributed by atoms with van der Waals surface area (Å²) in [4.78, 5) is 7.29. The van der Waals surface area contributed by atoms with Gasteiger partial charge in [0.05, 0.1) is 19.8 Å². The van der Waals surface area contributed by atoms with Gasteiger partial charge in [-0.2, -0.15) is 0 Å². The van der Waals surface area contributed by atoms with Gasteiger partial charge in [-0.1, -0.05) is 43.7 Å². The number of morpholine rings is 1. The molecule has 1 saturated heterocycles. The Labute approximate surface area is 176 Å². The van der Waals surface area contributed by atoms with Crippen LogP contribution in [0.25, 0.3) is 0 Å². The molecule has 1 aliphatic heterocycles. The quantitative estimate of drug-likeness (QED) is 0.363. The second-order valence-corrected chi connectivity index (χ2v) is 7.02. The Morgan fingerprint density at radius 1 is 1.23 bits per heavy atom. The summed E-state index contributed by atoms with van der Waals surface area (Å²) in [5, 5.41) is 6.90. The van der Waals surface area contributed by atoms with Gasteiger partial charge in [0.1, 0.15) is 0 Å². The zero-order chi connectivity index (χ0) is 18.1. The number of aryl methyl sites for hydroxylation is 1. The first kappa shape index (κ1) is 23.2. The van der Waals surface area contributed by atoms with Crippen LogP contribution in [-0.2, 0) is 11.3 Å². The van der Waals surface area contributed by atoms with Gasteiger partial charge in [-0.25, -0.2) is 4.99 Å². The van der Waals surface area contributed by atoms with Crippen molar-refractivity contribution in [2.24, 2.45) is 10.9 Å². The van der Waals surface area contributed by atoms with E-state index in [0.29, 0.717) is 18.5 Å². The molecule has 6 heteroatoms. The van der Waals surface area contributed by atoms with Crippen LogP contribution in [0.1, 0.15) is 31.9 Å². The maximum atomic E-state index is 5.49. The van der Waals surface area contributed by atoms with Crippen LogP contribution < -0.4 is 10.6 Å². The van der Waals surface area contributed by atoms with E-state index < -0.39 is 0 Å². The number of nitrogens with zero attached hydrogens (tertiary/aromatic N) is 2. The van der Waals surface area contributed by atoms with Crippen molar-refractivity contribution in [1.82, 2.24) is 15.5 Å². The second kappa shape index (κ2) is 12.5. The summed E-state index contributed by atoms with van der Waals surface area (Å²) < 4.78 is 5.49. The summed E-state index contributed by atoms with van der Waals surface area (Å²) >= 11 is 0. The molecule has 0 saturated carbocycles. The van der Waals surface area contributed by atoms with Crippen LogP contribution in [0.5, 0.6) is 0 Å². The van der Waals surface area contributed by atoms with Crippen molar-refractivity contribution < 1.29 is 4.74 Å². The Hall–Kier alpha value is -0.860. The molecule has 0 aromatic heterocycles. The maximum Gasteiger partial charge on any atom is 0.191 e. The summed E-state index contributed by atoms with van der Waals surface area (Å²) in [5.41, 5.74) is 2.52. The van der Waals surface area contributed by atoms with Gasteiger partial charge in [0.2, 0.25) is 0 Å². The highest BCUT2D eigenvalue weighted by atomic mass is 127. The number of hydrogen-bond acceptors (Lipinski definition) is 3. The monoisotopic (exact) mass is 474 g/mol. The third kappa shape index (κ3) is 7.80. The first-order chi connectivity index (χ1) is 12.1. The normalized spacial score (nSPS) is 16.9. The van der Waals surface area contributed by atoms with Gasteiger partial charge in [-0.05, 0) is 25.3 Å². The molecular formula is C20H35IN4O. The number of halogens is 1. The SMILES string of the molecule is CCNC(=NCc1cccc(C)c1)NCC(C(C)C)N1CCOCC1.I. The molecule has 1 aromatic carbocycles. The molecule has 1 atom stereocenters.